The molecule has 2 rings (SSSR count). The molecule has 0 saturated carbocycles. The minimum absolute atomic E-state index is 0.141. The second-order valence-electron chi connectivity index (χ2n) is 4.16. The lowest BCUT2D eigenvalue weighted by Crippen LogP contribution is -2.31. The fourth-order valence-electron chi connectivity index (χ4n) is 2.20. The van der Waals surface area contributed by atoms with Crippen molar-refractivity contribution in [3.8, 4) is 0 Å². The topological polar surface area (TPSA) is 23.5 Å². The van der Waals surface area contributed by atoms with Gasteiger partial charge in [0.05, 0.1) is 11.6 Å². The number of hydrogen-bond donors (Lipinski definition) is 1. The fourth-order valence-corrected chi connectivity index (χ4v) is 2.39. The molecule has 1 aliphatic rings. The van der Waals surface area contributed by atoms with Gasteiger partial charge in [0.2, 0.25) is 0 Å². The average Bonchev–Trinajstić information content (AvgIpc) is 2.72. The maximum atomic E-state index is 13.7. The van der Waals surface area contributed by atoms with Crippen molar-refractivity contribution in [2.24, 2.45) is 0 Å². The molecule has 16 heavy (non-hydrogen) atoms. The number of likely N-dealkylation sites (tertiary alicyclic amines) is 1. The molecule has 1 unspecified atom stereocenters. The predicted octanol–water partition coefficient (Wildman–Crippen LogP) is 2.44. The minimum Gasteiger partial charge on any atom is -0.395 e. The van der Waals surface area contributed by atoms with E-state index in [4.69, 9.17) is 11.6 Å². The van der Waals surface area contributed by atoms with Crippen LogP contribution in [0.3, 0.4) is 0 Å². The Labute approximate surface area is 99.6 Å². The first-order chi connectivity index (χ1) is 7.72. The molecular formula is C12H15ClFNO. The Morgan fingerprint density at radius 3 is 3.06 bits per heavy atom. The molecule has 1 fully saturated rings. The normalized spacial score (nSPS) is 21.6. The largest absolute Gasteiger partial charge is 0.395 e. The van der Waals surface area contributed by atoms with Crippen LogP contribution in [-0.4, -0.2) is 29.2 Å². The van der Waals surface area contributed by atoms with Crippen LogP contribution in [0.5, 0.6) is 0 Å². The van der Waals surface area contributed by atoms with Crippen molar-refractivity contribution in [1.82, 2.24) is 4.90 Å². The van der Waals surface area contributed by atoms with E-state index in [1.165, 1.54) is 0 Å². The molecule has 0 aliphatic carbocycles. The summed E-state index contributed by atoms with van der Waals surface area (Å²) in [5.74, 6) is -0.340. The second-order valence-corrected chi connectivity index (χ2v) is 4.57. The lowest BCUT2D eigenvalue weighted by molar-refractivity contribution is 0.152. The van der Waals surface area contributed by atoms with Crippen LogP contribution >= 0.6 is 11.6 Å². The van der Waals surface area contributed by atoms with Gasteiger partial charge in [-0.15, -0.1) is 0 Å². The highest BCUT2D eigenvalue weighted by Crippen LogP contribution is 2.23. The summed E-state index contributed by atoms with van der Waals surface area (Å²) in [5, 5.41) is 9.34. The van der Waals surface area contributed by atoms with Gasteiger partial charge in [-0.1, -0.05) is 23.7 Å². The number of aliphatic hydroxyl groups excluding tert-OH is 1. The van der Waals surface area contributed by atoms with E-state index in [0.717, 1.165) is 19.4 Å². The second kappa shape index (κ2) is 5.13. The Morgan fingerprint density at radius 1 is 1.50 bits per heavy atom. The van der Waals surface area contributed by atoms with Gasteiger partial charge in [0, 0.05) is 18.2 Å². The van der Waals surface area contributed by atoms with Crippen LogP contribution in [0.15, 0.2) is 18.2 Å². The Hall–Kier alpha value is -0.640. The highest BCUT2D eigenvalue weighted by molar-refractivity contribution is 6.30. The highest BCUT2D eigenvalue weighted by Gasteiger charge is 2.24. The smallest absolute Gasteiger partial charge is 0.146 e. The SMILES string of the molecule is OCC1CCCN1Cc1cccc(Cl)c1F. The zero-order valence-electron chi connectivity index (χ0n) is 9.00. The van der Waals surface area contributed by atoms with E-state index < -0.39 is 0 Å². The monoisotopic (exact) mass is 243 g/mol. The van der Waals surface area contributed by atoms with Crippen LogP contribution in [0.1, 0.15) is 18.4 Å². The summed E-state index contributed by atoms with van der Waals surface area (Å²) in [6.45, 7) is 1.58. The lowest BCUT2D eigenvalue weighted by atomic mass is 10.2. The molecule has 0 spiro atoms. The van der Waals surface area contributed by atoms with Crippen molar-refractivity contribution in [3.63, 3.8) is 0 Å². The minimum atomic E-state index is -0.340. The van der Waals surface area contributed by atoms with Crippen LogP contribution in [0.4, 0.5) is 4.39 Å². The van der Waals surface area contributed by atoms with Crippen LogP contribution < -0.4 is 0 Å². The van der Waals surface area contributed by atoms with Crippen molar-refractivity contribution >= 4 is 11.6 Å². The third-order valence-corrected chi connectivity index (χ3v) is 3.41. The first-order valence-electron chi connectivity index (χ1n) is 5.50. The van der Waals surface area contributed by atoms with Crippen LogP contribution in [0.25, 0.3) is 0 Å². The molecule has 1 aromatic carbocycles. The van der Waals surface area contributed by atoms with Crippen LogP contribution in [0.2, 0.25) is 5.02 Å². The predicted molar refractivity (Wildman–Crippen MR) is 61.9 cm³/mol. The summed E-state index contributed by atoms with van der Waals surface area (Å²) in [6, 6.07) is 5.21. The molecule has 4 heteroatoms. The number of aliphatic hydroxyl groups is 1. The summed E-state index contributed by atoms with van der Waals surface area (Å²) < 4.78 is 13.7. The maximum Gasteiger partial charge on any atom is 0.146 e. The van der Waals surface area contributed by atoms with Gasteiger partial charge >= 0.3 is 0 Å². The summed E-state index contributed by atoms with van der Waals surface area (Å²) in [7, 11) is 0. The van der Waals surface area contributed by atoms with Gasteiger partial charge < -0.3 is 5.11 Å². The summed E-state index contributed by atoms with van der Waals surface area (Å²) in [5.41, 5.74) is 0.604. The van der Waals surface area contributed by atoms with Crippen molar-refractivity contribution in [2.75, 3.05) is 13.2 Å². The molecule has 1 atom stereocenters. The standard InChI is InChI=1S/C12H15ClFNO/c13-11-5-1-3-9(12(11)14)7-15-6-2-4-10(15)8-16/h1,3,5,10,16H,2,4,6-8H2. The molecule has 1 heterocycles. The van der Waals surface area contributed by atoms with E-state index in [1.54, 1.807) is 18.2 Å². The average molecular weight is 244 g/mol. The van der Waals surface area contributed by atoms with Gasteiger partial charge in [0.1, 0.15) is 5.82 Å². The van der Waals surface area contributed by atoms with Gasteiger partial charge in [0.25, 0.3) is 0 Å². The van der Waals surface area contributed by atoms with E-state index in [-0.39, 0.29) is 23.5 Å². The summed E-state index contributed by atoms with van der Waals surface area (Å²) >= 11 is 5.73. The zero-order chi connectivity index (χ0) is 11.5. The van der Waals surface area contributed by atoms with E-state index in [9.17, 15) is 9.50 Å². The number of halogens is 2. The van der Waals surface area contributed by atoms with E-state index in [1.807, 2.05) is 0 Å². The quantitative estimate of drug-likeness (QED) is 0.882. The van der Waals surface area contributed by atoms with Gasteiger partial charge in [-0.2, -0.15) is 0 Å². The molecule has 1 saturated heterocycles. The van der Waals surface area contributed by atoms with E-state index in [0.29, 0.717) is 12.1 Å². The van der Waals surface area contributed by atoms with Crippen molar-refractivity contribution in [3.05, 3.63) is 34.6 Å². The van der Waals surface area contributed by atoms with Gasteiger partial charge in [-0.3, -0.25) is 4.90 Å². The number of hydrogen-bond acceptors (Lipinski definition) is 2. The molecule has 1 aliphatic heterocycles. The number of benzene rings is 1. The van der Waals surface area contributed by atoms with Gasteiger partial charge in [0.15, 0.2) is 0 Å². The molecule has 0 bridgehead atoms. The molecule has 0 radical (unpaired) electrons. The van der Waals surface area contributed by atoms with Crippen molar-refractivity contribution in [2.45, 2.75) is 25.4 Å². The lowest BCUT2D eigenvalue weighted by Gasteiger charge is -2.22. The fraction of sp³-hybridized carbons (Fsp3) is 0.500. The third-order valence-electron chi connectivity index (χ3n) is 3.11. The summed E-state index contributed by atoms with van der Waals surface area (Å²) in [6.07, 6.45) is 2.05. The van der Waals surface area contributed by atoms with Crippen molar-refractivity contribution < 1.29 is 9.50 Å². The molecule has 1 N–H and O–H groups in total. The molecule has 1 aromatic rings. The number of rotatable bonds is 3. The Kier molecular flexibility index (Phi) is 3.79. The van der Waals surface area contributed by atoms with Gasteiger partial charge in [-0.05, 0) is 25.5 Å². The molecule has 88 valence electrons. The molecule has 0 aromatic heterocycles. The third kappa shape index (κ3) is 2.37. The summed E-state index contributed by atoms with van der Waals surface area (Å²) in [4.78, 5) is 2.11. The van der Waals surface area contributed by atoms with E-state index in [2.05, 4.69) is 4.90 Å². The van der Waals surface area contributed by atoms with Gasteiger partial charge in [-0.25, -0.2) is 4.39 Å². The molecule has 0 amide bonds. The highest BCUT2D eigenvalue weighted by atomic mass is 35.5. The molecular weight excluding hydrogens is 229 g/mol. The maximum absolute atomic E-state index is 13.7. The van der Waals surface area contributed by atoms with Crippen molar-refractivity contribution in [1.29, 1.82) is 0 Å². The Balaban J connectivity index is 2.11. The Bertz CT molecular complexity index is 372. The first-order valence-corrected chi connectivity index (χ1v) is 5.88. The molecule has 2 nitrogen and oxygen atoms in total. The van der Waals surface area contributed by atoms with E-state index >= 15 is 0 Å². The first kappa shape index (κ1) is 11.8. The number of nitrogens with zero attached hydrogens (tertiary/aromatic N) is 1. The van der Waals surface area contributed by atoms with Crippen LogP contribution in [-0.2, 0) is 6.54 Å². The van der Waals surface area contributed by atoms with Crippen LogP contribution in [0, 0.1) is 5.82 Å². The zero-order valence-corrected chi connectivity index (χ0v) is 9.75. The Morgan fingerprint density at radius 2 is 2.31 bits per heavy atom.